The molecule has 0 radical (unpaired) electrons. The van der Waals surface area contributed by atoms with Crippen molar-refractivity contribution >= 4 is 6.21 Å². The van der Waals surface area contributed by atoms with E-state index in [0.717, 1.165) is 40.4 Å². The van der Waals surface area contributed by atoms with Crippen molar-refractivity contribution in [2.75, 3.05) is 6.61 Å². The van der Waals surface area contributed by atoms with Crippen LogP contribution in [0.2, 0.25) is 0 Å². The number of aromatic nitrogens is 3. The van der Waals surface area contributed by atoms with Gasteiger partial charge in [-0.3, -0.25) is 5.01 Å². The molecule has 3 heterocycles. The van der Waals surface area contributed by atoms with Gasteiger partial charge in [0.2, 0.25) is 0 Å². The Morgan fingerprint density at radius 2 is 1.88 bits per heavy atom. The summed E-state index contributed by atoms with van der Waals surface area (Å²) in [7, 11) is 0. The van der Waals surface area contributed by atoms with Gasteiger partial charge in [-0.15, -0.1) is 0 Å². The van der Waals surface area contributed by atoms with Crippen LogP contribution in [0.25, 0.3) is 22.6 Å². The van der Waals surface area contributed by atoms with E-state index in [1.54, 1.807) is 18.3 Å². The summed E-state index contributed by atoms with van der Waals surface area (Å²) in [6, 6.07) is 16.0. The van der Waals surface area contributed by atoms with Crippen LogP contribution in [0, 0.1) is 5.82 Å². The van der Waals surface area contributed by atoms with Gasteiger partial charge in [-0.25, -0.2) is 9.37 Å². The molecule has 0 saturated heterocycles. The molecule has 0 saturated carbocycles. The second-order valence-corrected chi connectivity index (χ2v) is 7.57. The molecule has 0 amide bonds. The van der Waals surface area contributed by atoms with Crippen molar-refractivity contribution in [1.29, 1.82) is 0 Å². The summed E-state index contributed by atoms with van der Waals surface area (Å²) >= 11 is 0. The van der Waals surface area contributed by atoms with E-state index in [1.165, 1.54) is 12.1 Å². The Balaban J connectivity index is 1.25. The highest BCUT2D eigenvalue weighted by Gasteiger charge is 2.19. The molecular weight excluding hydrogens is 409 g/mol. The Labute approximate surface area is 184 Å². The van der Waals surface area contributed by atoms with E-state index >= 15 is 0 Å². The van der Waals surface area contributed by atoms with Gasteiger partial charge in [0, 0.05) is 17.2 Å². The summed E-state index contributed by atoms with van der Waals surface area (Å²) in [5.41, 5.74) is 4.28. The maximum atomic E-state index is 13.2. The van der Waals surface area contributed by atoms with Crippen LogP contribution in [0.1, 0.15) is 30.5 Å². The minimum Gasteiger partial charge on any atom is -0.494 e. The average Bonchev–Trinajstić information content (AvgIpc) is 3.45. The van der Waals surface area contributed by atoms with Gasteiger partial charge in [0.25, 0.3) is 0 Å². The lowest BCUT2D eigenvalue weighted by Gasteiger charge is -2.19. The van der Waals surface area contributed by atoms with Gasteiger partial charge in [0.05, 0.1) is 31.6 Å². The van der Waals surface area contributed by atoms with Crippen LogP contribution >= 0.6 is 0 Å². The highest BCUT2D eigenvalue weighted by Crippen LogP contribution is 2.25. The molecule has 0 aliphatic carbocycles. The Bertz CT molecular complexity index is 1230. The molecule has 2 aromatic carbocycles. The smallest absolute Gasteiger partial charge is 0.158 e. The van der Waals surface area contributed by atoms with Gasteiger partial charge in [-0.2, -0.15) is 5.10 Å². The number of nitrogens with one attached hydrogen (secondary N) is 1. The lowest BCUT2D eigenvalue weighted by Crippen LogP contribution is -2.21. The molecule has 1 N–H and O–H groups in total. The number of hydrogen-bond donors (Lipinski definition) is 1. The highest BCUT2D eigenvalue weighted by atomic mass is 19.1. The fraction of sp³-hybridized carbons (Fsp3) is 0.208. The molecule has 32 heavy (non-hydrogen) atoms. The Morgan fingerprint density at radius 1 is 1.09 bits per heavy atom. The van der Waals surface area contributed by atoms with Crippen molar-refractivity contribution in [3.8, 4) is 28.4 Å². The van der Waals surface area contributed by atoms with Gasteiger partial charge >= 0.3 is 0 Å². The molecule has 4 aromatic rings. The van der Waals surface area contributed by atoms with Crippen LogP contribution in [0.3, 0.4) is 0 Å². The molecule has 5 rings (SSSR count). The number of fused-ring (bicyclic) bond motifs is 1. The van der Waals surface area contributed by atoms with E-state index < -0.39 is 0 Å². The summed E-state index contributed by atoms with van der Waals surface area (Å²) < 4.78 is 24.3. The van der Waals surface area contributed by atoms with Crippen molar-refractivity contribution in [3.05, 3.63) is 77.6 Å². The lowest BCUT2D eigenvalue weighted by molar-refractivity contribution is 0.229. The molecule has 7 nitrogen and oxygen atoms in total. The third-order valence-corrected chi connectivity index (χ3v) is 5.13. The monoisotopic (exact) mass is 431 g/mol. The minimum absolute atomic E-state index is 0.273. The van der Waals surface area contributed by atoms with E-state index in [4.69, 9.17) is 9.26 Å². The van der Waals surface area contributed by atoms with Gasteiger partial charge in [-0.05, 0) is 55.0 Å². The number of H-pyrrole nitrogens is 1. The van der Waals surface area contributed by atoms with E-state index in [0.29, 0.717) is 31.3 Å². The van der Waals surface area contributed by atoms with Crippen LogP contribution in [-0.4, -0.2) is 33.0 Å². The molecule has 2 aromatic heterocycles. The first kappa shape index (κ1) is 20.0. The Morgan fingerprint density at radius 3 is 2.66 bits per heavy atom. The molecule has 8 heteroatoms. The summed E-state index contributed by atoms with van der Waals surface area (Å²) in [5, 5.41) is 10.5. The largest absolute Gasteiger partial charge is 0.494 e. The summed E-state index contributed by atoms with van der Waals surface area (Å²) in [6.07, 6.45) is 2.69. The van der Waals surface area contributed by atoms with E-state index in [2.05, 4.69) is 27.1 Å². The third-order valence-electron chi connectivity index (χ3n) is 5.13. The van der Waals surface area contributed by atoms with E-state index in [-0.39, 0.29) is 5.82 Å². The molecule has 0 fully saturated rings. The second kappa shape index (κ2) is 8.66. The summed E-state index contributed by atoms with van der Waals surface area (Å²) in [4.78, 5) is 7.87. The first-order valence-corrected chi connectivity index (χ1v) is 10.5. The number of hydrogen-bond acceptors (Lipinski definition) is 6. The minimum atomic E-state index is -0.273. The Hall–Kier alpha value is -3.94. The number of benzene rings is 2. The fourth-order valence-electron chi connectivity index (χ4n) is 3.50. The zero-order valence-electron chi connectivity index (χ0n) is 17.6. The van der Waals surface area contributed by atoms with Crippen LogP contribution in [-0.2, 0) is 13.1 Å². The molecule has 1 aliphatic heterocycles. The standard InChI is InChI=1S/C24H22FN5O2/c1-2-11-31-19-9-5-16(6-10-19)21-12-20(32-29-21)14-30-15-23-22(13-26-30)27-24(28-23)17-3-7-18(25)8-4-17/h3-10,12-13H,2,11,14-15H2,1H3,(H,27,28). The van der Waals surface area contributed by atoms with Gasteiger partial charge in [0.1, 0.15) is 28.8 Å². The molecule has 0 unspecified atom stereocenters. The molecule has 0 spiro atoms. The van der Waals surface area contributed by atoms with E-state index in [9.17, 15) is 4.39 Å². The quantitative estimate of drug-likeness (QED) is 0.445. The van der Waals surface area contributed by atoms with Gasteiger partial charge in [-0.1, -0.05) is 12.1 Å². The van der Waals surface area contributed by atoms with E-state index in [1.807, 2.05) is 35.3 Å². The maximum Gasteiger partial charge on any atom is 0.158 e. The third kappa shape index (κ3) is 4.25. The maximum absolute atomic E-state index is 13.2. The van der Waals surface area contributed by atoms with Crippen molar-refractivity contribution in [1.82, 2.24) is 20.1 Å². The number of hydrazone groups is 1. The van der Waals surface area contributed by atoms with Gasteiger partial charge in [0.15, 0.2) is 5.76 Å². The van der Waals surface area contributed by atoms with Crippen molar-refractivity contribution in [2.45, 2.75) is 26.4 Å². The molecular formula is C24H22FN5O2. The Kier molecular flexibility index (Phi) is 5.41. The highest BCUT2D eigenvalue weighted by molar-refractivity contribution is 5.80. The number of aromatic amines is 1. The molecule has 0 atom stereocenters. The average molecular weight is 431 g/mol. The zero-order chi connectivity index (χ0) is 21.9. The first-order valence-electron chi connectivity index (χ1n) is 10.5. The number of rotatable bonds is 7. The number of imidazole rings is 1. The zero-order valence-corrected chi connectivity index (χ0v) is 17.6. The number of nitrogens with zero attached hydrogens (tertiary/aromatic N) is 4. The van der Waals surface area contributed by atoms with Crippen LogP contribution in [0.5, 0.6) is 5.75 Å². The van der Waals surface area contributed by atoms with Crippen molar-refractivity contribution in [2.24, 2.45) is 5.10 Å². The molecule has 0 bridgehead atoms. The van der Waals surface area contributed by atoms with Crippen LogP contribution in [0.4, 0.5) is 4.39 Å². The number of ether oxygens (including phenoxy) is 1. The van der Waals surface area contributed by atoms with Crippen molar-refractivity contribution < 1.29 is 13.7 Å². The van der Waals surface area contributed by atoms with Crippen molar-refractivity contribution in [3.63, 3.8) is 0 Å². The number of halogens is 1. The summed E-state index contributed by atoms with van der Waals surface area (Å²) in [6.45, 7) is 3.81. The van der Waals surface area contributed by atoms with Gasteiger partial charge < -0.3 is 14.2 Å². The predicted molar refractivity (Wildman–Crippen MR) is 119 cm³/mol. The van der Waals surface area contributed by atoms with Crippen LogP contribution < -0.4 is 4.74 Å². The topological polar surface area (TPSA) is 79.5 Å². The normalized spacial score (nSPS) is 12.8. The summed E-state index contributed by atoms with van der Waals surface area (Å²) in [5.74, 6) is 1.98. The molecule has 162 valence electrons. The lowest BCUT2D eigenvalue weighted by atomic mass is 10.1. The molecule has 1 aliphatic rings. The van der Waals surface area contributed by atoms with Crippen LogP contribution in [0.15, 0.2) is 64.2 Å². The predicted octanol–water partition coefficient (Wildman–Crippen LogP) is 5.01. The fourth-order valence-corrected chi connectivity index (χ4v) is 3.50. The first-order chi connectivity index (χ1) is 15.7. The second-order valence-electron chi connectivity index (χ2n) is 7.57. The SMILES string of the molecule is CCCOc1ccc(-c2cc(CN3Cc4[nH]c(-c5ccc(F)cc5)nc4C=N3)on2)cc1.